The maximum atomic E-state index is 12.4. The highest BCUT2D eigenvalue weighted by atomic mass is 16.5. The maximum Gasteiger partial charge on any atom is 0.332 e. The van der Waals surface area contributed by atoms with Crippen LogP contribution < -0.4 is 5.32 Å². The zero-order valence-corrected chi connectivity index (χ0v) is 11.2. The molecule has 0 spiro atoms. The first-order chi connectivity index (χ1) is 9.23. The summed E-state index contributed by atoms with van der Waals surface area (Å²) in [6, 6.07) is 0. The fraction of sp³-hybridized carbons (Fsp3) is 0.667. The van der Waals surface area contributed by atoms with Crippen LogP contribution in [0.1, 0.15) is 26.7 Å². The molecular weight excluding hydrogens is 268 g/mol. The van der Waals surface area contributed by atoms with Crippen molar-refractivity contribution in [3.05, 3.63) is 0 Å². The Bertz CT molecular complexity index is 486. The van der Waals surface area contributed by atoms with Crippen molar-refractivity contribution in [2.45, 2.75) is 44.4 Å². The maximum absolute atomic E-state index is 12.4. The van der Waals surface area contributed by atoms with E-state index in [1.54, 1.807) is 0 Å². The number of rotatable bonds is 2. The van der Waals surface area contributed by atoms with Gasteiger partial charge in [0.15, 0.2) is 6.10 Å². The Labute approximate surface area is 115 Å². The van der Waals surface area contributed by atoms with Crippen molar-refractivity contribution in [1.29, 1.82) is 0 Å². The first-order valence-corrected chi connectivity index (χ1v) is 6.27. The summed E-state index contributed by atoms with van der Waals surface area (Å²) in [6.45, 7) is 2.81. The molecule has 8 heteroatoms. The summed E-state index contributed by atoms with van der Waals surface area (Å²) < 4.78 is 5.17. The number of aliphatic carboxylic acids is 1. The number of carbonyl (C=O) groups excluding carboxylic acids is 3. The third kappa shape index (κ3) is 2.38. The summed E-state index contributed by atoms with van der Waals surface area (Å²) in [6.07, 6.45) is -1.44. The average molecular weight is 284 g/mol. The van der Waals surface area contributed by atoms with E-state index in [1.165, 1.54) is 13.8 Å². The number of ether oxygens (including phenoxy) is 1. The molecule has 3 amide bonds. The van der Waals surface area contributed by atoms with Gasteiger partial charge in [0.05, 0.1) is 0 Å². The molecule has 8 nitrogen and oxygen atoms in total. The predicted octanol–water partition coefficient (Wildman–Crippen LogP) is -1.12. The normalized spacial score (nSPS) is 29.2. The highest BCUT2D eigenvalue weighted by molar-refractivity contribution is 6.06. The fourth-order valence-electron chi connectivity index (χ4n) is 2.31. The summed E-state index contributed by atoms with van der Waals surface area (Å²) >= 11 is 0. The van der Waals surface area contributed by atoms with E-state index in [-0.39, 0.29) is 19.4 Å². The van der Waals surface area contributed by atoms with E-state index in [2.05, 4.69) is 5.32 Å². The van der Waals surface area contributed by atoms with Gasteiger partial charge in [-0.1, -0.05) is 0 Å². The smallest absolute Gasteiger partial charge is 0.332 e. The lowest BCUT2D eigenvalue weighted by Gasteiger charge is -2.41. The molecule has 2 fully saturated rings. The van der Waals surface area contributed by atoms with Crippen LogP contribution in [0.3, 0.4) is 0 Å². The fourth-order valence-corrected chi connectivity index (χ4v) is 2.31. The van der Waals surface area contributed by atoms with Crippen LogP contribution in [0.5, 0.6) is 0 Å². The molecule has 0 radical (unpaired) electrons. The summed E-state index contributed by atoms with van der Waals surface area (Å²) in [7, 11) is 0. The zero-order valence-electron chi connectivity index (χ0n) is 11.2. The molecule has 0 aromatic rings. The van der Waals surface area contributed by atoms with E-state index in [0.29, 0.717) is 0 Å². The molecule has 0 aromatic carbocycles. The lowest BCUT2D eigenvalue weighted by Crippen LogP contribution is -2.66. The van der Waals surface area contributed by atoms with Crippen molar-refractivity contribution in [2.75, 3.05) is 6.54 Å². The van der Waals surface area contributed by atoms with E-state index in [1.807, 2.05) is 0 Å². The minimum Gasteiger partial charge on any atom is -0.479 e. The second-order valence-electron chi connectivity index (χ2n) is 5.39. The number of piperazine rings is 1. The topological polar surface area (TPSA) is 113 Å². The lowest BCUT2D eigenvalue weighted by atomic mass is 9.97. The molecule has 2 aliphatic rings. The molecule has 2 atom stereocenters. The Kier molecular flexibility index (Phi) is 3.51. The summed E-state index contributed by atoms with van der Waals surface area (Å²) in [5.41, 5.74) is -1.17. The second-order valence-corrected chi connectivity index (χ2v) is 5.39. The van der Waals surface area contributed by atoms with Crippen LogP contribution in [0.2, 0.25) is 0 Å². The Morgan fingerprint density at radius 3 is 2.45 bits per heavy atom. The highest BCUT2D eigenvalue weighted by Gasteiger charge is 2.47. The van der Waals surface area contributed by atoms with Gasteiger partial charge in [-0.25, -0.2) is 4.79 Å². The molecule has 20 heavy (non-hydrogen) atoms. The number of hydrogen-bond acceptors (Lipinski definition) is 5. The van der Waals surface area contributed by atoms with Gasteiger partial charge < -0.3 is 14.7 Å². The lowest BCUT2D eigenvalue weighted by molar-refractivity contribution is -0.164. The number of imide groups is 1. The van der Waals surface area contributed by atoms with Gasteiger partial charge in [0, 0.05) is 0 Å². The monoisotopic (exact) mass is 284 g/mol. The minimum absolute atomic E-state index is 0.236. The van der Waals surface area contributed by atoms with Crippen molar-refractivity contribution >= 4 is 23.7 Å². The number of amides is 3. The van der Waals surface area contributed by atoms with Gasteiger partial charge >= 0.3 is 5.97 Å². The molecule has 2 N–H and O–H groups in total. The van der Waals surface area contributed by atoms with E-state index in [0.717, 1.165) is 4.90 Å². The molecule has 0 aromatic heterocycles. The van der Waals surface area contributed by atoms with Crippen LogP contribution in [0.4, 0.5) is 0 Å². The minimum atomic E-state index is -1.17. The SMILES string of the molecule is CC1(C)C(=O)NC(=O)CN1C(=O)C1CCC(C(=O)O)O1. The predicted molar refractivity (Wildman–Crippen MR) is 64.5 cm³/mol. The number of nitrogens with zero attached hydrogens (tertiary/aromatic N) is 1. The van der Waals surface area contributed by atoms with Crippen molar-refractivity contribution in [3.8, 4) is 0 Å². The molecule has 2 unspecified atom stereocenters. The van der Waals surface area contributed by atoms with Gasteiger partial charge in [-0.05, 0) is 26.7 Å². The van der Waals surface area contributed by atoms with Crippen LogP contribution >= 0.6 is 0 Å². The number of carboxylic acids is 1. The third-order valence-electron chi connectivity index (χ3n) is 3.62. The Hall–Kier alpha value is -1.96. The van der Waals surface area contributed by atoms with Crippen LogP contribution in [0, 0.1) is 0 Å². The Morgan fingerprint density at radius 1 is 1.30 bits per heavy atom. The third-order valence-corrected chi connectivity index (χ3v) is 3.62. The average Bonchev–Trinajstić information content (AvgIpc) is 2.83. The molecule has 2 heterocycles. The Balaban J connectivity index is 2.14. The van der Waals surface area contributed by atoms with Crippen LogP contribution in [0.15, 0.2) is 0 Å². The molecule has 0 aliphatic carbocycles. The molecule has 2 saturated heterocycles. The van der Waals surface area contributed by atoms with Gasteiger partial charge in [0.25, 0.3) is 11.8 Å². The number of carbonyl (C=O) groups is 4. The van der Waals surface area contributed by atoms with E-state index < -0.39 is 41.4 Å². The second kappa shape index (κ2) is 4.86. The zero-order chi connectivity index (χ0) is 15.1. The van der Waals surface area contributed by atoms with Gasteiger partial charge in [-0.2, -0.15) is 0 Å². The van der Waals surface area contributed by atoms with Gasteiger partial charge in [0.1, 0.15) is 18.2 Å². The van der Waals surface area contributed by atoms with Crippen molar-refractivity contribution < 1.29 is 29.0 Å². The number of nitrogens with one attached hydrogen (secondary N) is 1. The molecular formula is C12H16N2O6. The van der Waals surface area contributed by atoms with Crippen molar-refractivity contribution in [2.24, 2.45) is 0 Å². The first kappa shape index (κ1) is 14.4. The van der Waals surface area contributed by atoms with Crippen molar-refractivity contribution in [1.82, 2.24) is 10.2 Å². The molecule has 0 bridgehead atoms. The summed E-state index contributed by atoms with van der Waals surface area (Å²) in [5, 5.41) is 11.0. The first-order valence-electron chi connectivity index (χ1n) is 6.27. The van der Waals surface area contributed by atoms with E-state index >= 15 is 0 Å². The van der Waals surface area contributed by atoms with E-state index in [9.17, 15) is 19.2 Å². The highest BCUT2D eigenvalue weighted by Crippen LogP contribution is 2.26. The largest absolute Gasteiger partial charge is 0.479 e. The standard InChI is InChI=1S/C12H16N2O6/c1-12(2)11(19)13-8(15)5-14(12)9(16)6-3-4-7(20-6)10(17)18/h6-7H,3-5H2,1-2H3,(H,17,18)(H,13,15,19). The van der Waals surface area contributed by atoms with Gasteiger partial charge in [0.2, 0.25) is 5.91 Å². The van der Waals surface area contributed by atoms with Crippen LogP contribution in [0.25, 0.3) is 0 Å². The van der Waals surface area contributed by atoms with Gasteiger partial charge in [-0.15, -0.1) is 0 Å². The summed E-state index contributed by atoms with van der Waals surface area (Å²) in [5.74, 6) is -2.76. The molecule has 0 saturated carbocycles. The summed E-state index contributed by atoms with van der Waals surface area (Å²) in [4.78, 5) is 47.5. The molecule has 110 valence electrons. The number of carboxylic acid groups (broad SMARTS) is 1. The van der Waals surface area contributed by atoms with E-state index in [4.69, 9.17) is 9.84 Å². The van der Waals surface area contributed by atoms with Crippen LogP contribution in [-0.2, 0) is 23.9 Å². The Morgan fingerprint density at radius 2 is 1.90 bits per heavy atom. The van der Waals surface area contributed by atoms with Crippen molar-refractivity contribution in [3.63, 3.8) is 0 Å². The van der Waals surface area contributed by atoms with Gasteiger partial charge in [-0.3, -0.25) is 19.7 Å². The quantitative estimate of drug-likeness (QED) is 0.621. The van der Waals surface area contributed by atoms with Crippen LogP contribution in [-0.4, -0.2) is 58.0 Å². The number of hydrogen-bond donors (Lipinski definition) is 2. The molecule has 2 aliphatic heterocycles. The molecule has 2 rings (SSSR count).